The quantitative estimate of drug-likeness (QED) is 0.850. The SMILES string of the molecule is FC1(F)CCN(Cc2nccs2)C[C@]12CCN(c1ccccn1)C2. The van der Waals surface area contributed by atoms with Gasteiger partial charge in [0.25, 0.3) is 5.92 Å². The predicted molar refractivity (Wildman–Crippen MR) is 90.5 cm³/mol. The molecule has 0 amide bonds. The number of hydrogen-bond acceptors (Lipinski definition) is 5. The monoisotopic (exact) mass is 350 g/mol. The number of anilines is 1. The molecule has 0 aromatic carbocycles. The molecule has 1 spiro atoms. The highest BCUT2D eigenvalue weighted by Crippen LogP contribution is 2.50. The van der Waals surface area contributed by atoms with Crippen molar-refractivity contribution in [3.63, 3.8) is 0 Å². The van der Waals surface area contributed by atoms with Crippen molar-refractivity contribution in [3.05, 3.63) is 41.0 Å². The number of halogens is 2. The Morgan fingerprint density at radius 3 is 2.75 bits per heavy atom. The molecule has 4 nitrogen and oxygen atoms in total. The largest absolute Gasteiger partial charge is 0.356 e. The van der Waals surface area contributed by atoms with Crippen molar-refractivity contribution in [1.82, 2.24) is 14.9 Å². The van der Waals surface area contributed by atoms with Crippen molar-refractivity contribution >= 4 is 17.2 Å². The van der Waals surface area contributed by atoms with Gasteiger partial charge in [0.2, 0.25) is 0 Å². The van der Waals surface area contributed by atoms with Crippen LogP contribution in [0.3, 0.4) is 0 Å². The number of pyridine rings is 1. The molecule has 0 aliphatic carbocycles. The van der Waals surface area contributed by atoms with Crippen molar-refractivity contribution in [2.45, 2.75) is 25.3 Å². The van der Waals surface area contributed by atoms with Gasteiger partial charge >= 0.3 is 0 Å². The van der Waals surface area contributed by atoms with Gasteiger partial charge in [-0.1, -0.05) is 6.07 Å². The molecule has 2 aromatic heterocycles. The summed E-state index contributed by atoms with van der Waals surface area (Å²) in [5, 5.41) is 2.93. The molecule has 2 aliphatic heterocycles. The van der Waals surface area contributed by atoms with Crippen LogP contribution in [0.5, 0.6) is 0 Å². The number of hydrogen-bond donors (Lipinski definition) is 0. The van der Waals surface area contributed by atoms with Gasteiger partial charge in [-0.05, 0) is 18.6 Å². The maximum atomic E-state index is 14.8. The maximum Gasteiger partial charge on any atom is 0.257 e. The van der Waals surface area contributed by atoms with Crippen LogP contribution in [-0.4, -0.2) is 47.0 Å². The Morgan fingerprint density at radius 1 is 1.08 bits per heavy atom. The molecule has 24 heavy (non-hydrogen) atoms. The van der Waals surface area contributed by atoms with Gasteiger partial charge in [-0.2, -0.15) is 0 Å². The summed E-state index contributed by atoms with van der Waals surface area (Å²) in [5.41, 5.74) is -0.986. The normalized spacial score (nSPS) is 27.0. The molecule has 1 atom stereocenters. The lowest BCUT2D eigenvalue weighted by Crippen LogP contribution is -2.56. The molecule has 128 valence electrons. The van der Waals surface area contributed by atoms with E-state index in [2.05, 4.69) is 14.9 Å². The maximum absolute atomic E-state index is 14.8. The first-order chi connectivity index (χ1) is 11.6. The molecular weight excluding hydrogens is 330 g/mol. The van der Waals surface area contributed by atoms with Gasteiger partial charge in [0, 0.05) is 50.4 Å². The van der Waals surface area contributed by atoms with Crippen molar-refractivity contribution in [3.8, 4) is 0 Å². The molecule has 0 N–H and O–H groups in total. The molecule has 2 aromatic rings. The Bertz CT molecular complexity index is 679. The number of nitrogens with zero attached hydrogens (tertiary/aromatic N) is 4. The van der Waals surface area contributed by atoms with E-state index in [0.717, 1.165) is 10.8 Å². The molecule has 2 aliphatic rings. The summed E-state index contributed by atoms with van der Waals surface area (Å²) in [5.74, 6) is -1.84. The number of rotatable bonds is 3. The number of likely N-dealkylation sites (tertiary alicyclic amines) is 1. The van der Waals surface area contributed by atoms with Crippen LogP contribution < -0.4 is 4.90 Å². The third-order valence-electron chi connectivity index (χ3n) is 5.21. The minimum absolute atomic E-state index is 0.0750. The second-order valence-corrected chi connectivity index (χ2v) is 7.71. The van der Waals surface area contributed by atoms with E-state index in [-0.39, 0.29) is 6.42 Å². The topological polar surface area (TPSA) is 32.3 Å². The van der Waals surface area contributed by atoms with Gasteiger partial charge in [0.05, 0.1) is 12.0 Å². The average Bonchev–Trinajstić information content (AvgIpc) is 3.23. The zero-order valence-electron chi connectivity index (χ0n) is 13.4. The van der Waals surface area contributed by atoms with Gasteiger partial charge < -0.3 is 4.90 Å². The summed E-state index contributed by atoms with van der Waals surface area (Å²) in [7, 11) is 0. The fraction of sp³-hybridized carbons (Fsp3) is 0.529. The summed E-state index contributed by atoms with van der Waals surface area (Å²) in [4.78, 5) is 12.8. The van der Waals surface area contributed by atoms with Gasteiger partial charge in [0.1, 0.15) is 10.8 Å². The number of alkyl halides is 2. The fourth-order valence-electron chi connectivity index (χ4n) is 3.88. The van der Waals surface area contributed by atoms with Gasteiger partial charge in [-0.25, -0.2) is 18.7 Å². The zero-order valence-corrected chi connectivity index (χ0v) is 14.2. The van der Waals surface area contributed by atoms with Crippen LogP contribution in [0.15, 0.2) is 36.0 Å². The van der Waals surface area contributed by atoms with Gasteiger partial charge in [-0.3, -0.25) is 4.90 Å². The van der Waals surface area contributed by atoms with Crippen molar-refractivity contribution in [2.24, 2.45) is 5.41 Å². The molecule has 2 fully saturated rings. The molecule has 0 radical (unpaired) electrons. The second kappa shape index (κ2) is 6.04. The van der Waals surface area contributed by atoms with Crippen molar-refractivity contribution in [2.75, 3.05) is 31.1 Å². The highest BCUT2D eigenvalue weighted by molar-refractivity contribution is 7.09. The Morgan fingerprint density at radius 2 is 2.00 bits per heavy atom. The minimum Gasteiger partial charge on any atom is -0.356 e. The number of thiazole rings is 1. The molecule has 4 rings (SSSR count). The van der Waals surface area contributed by atoms with E-state index >= 15 is 0 Å². The van der Waals surface area contributed by atoms with E-state index in [1.165, 1.54) is 0 Å². The number of piperidine rings is 1. The molecule has 0 saturated carbocycles. The van der Waals surface area contributed by atoms with Crippen LogP contribution >= 0.6 is 11.3 Å². The predicted octanol–water partition coefficient (Wildman–Crippen LogP) is 3.28. The van der Waals surface area contributed by atoms with Crippen LogP contribution in [-0.2, 0) is 6.54 Å². The lowest BCUT2D eigenvalue weighted by atomic mass is 9.75. The van der Waals surface area contributed by atoms with E-state index in [9.17, 15) is 8.78 Å². The van der Waals surface area contributed by atoms with Crippen LogP contribution in [0.2, 0.25) is 0 Å². The average molecular weight is 350 g/mol. The van der Waals surface area contributed by atoms with Crippen LogP contribution in [0.1, 0.15) is 17.8 Å². The summed E-state index contributed by atoms with van der Waals surface area (Å²) in [6, 6.07) is 5.65. The van der Waals surface area contributed by atoms with Gasteiger partial charge in [0.15, 0.2) is 0 Å². The van der Waals surface area contributed by atoms with Crippen LogP contribution in [0.4, 0.5) is 14.6 Å². The first-order valence-electron chi connectivity index (χ1n) is 8.23. The third kappa shape index (κ3) is 2.80. The highest BCUT2D eigenvalue weighted by atomic mass is 32.1. The standard InChI is InChI=1S/C17H20F2N4S/c18-17(19)5-8-22(11-15-21-7-10-24-15)12-16(17)4-9-23(13-16)14-3-1-2-6-20-14/h1-3,6-7,10H,4-5,8-9,11-13H2/t16-/m0/s1. The highest BCUT2D eigenvalue weighted by Gasteiger charge is 2.59. The van der Waals surface area contributed by atoms with E-state index < -0.39 is 11.3 Å². The second-order valence-electron chi connectivity index (χ2n) is 6.73. The molecule has 0 bridgehead atoms. The van der Waals surface area contributed by atoms with E-state index in [1.807, 2.05) is 28.5 Å². The smallest absolute Gasteiger partial charge is 0.257 e. The van der Waals surface area contributed by atoms with Crippen LogP contribution in [0, 0.1) is 5.41 Å². The summed E-state index contributed by atoms with van der Waals surface area (Å²) in [6.45, 7) is 2.52. The summed E-state index contributed by atoms with van der Waals surface area (Å²) in [6.07, 6.45) is 3.92. The molecule has 4 heterocycles. The van der Waals surface area contributed by atoms with Crippen molar-refractivity contribution in [1.29, 1.82) is 0 Å². The van der Waals surface area contributed by atoms with Gasteiger partial charge in [-0.15, -0.1) is 11.3 Å². The number of aromatic nitrogens is 2. The zero-order chi connectivity index (χ0) is 16.6. The first kappa shape index (κ1) is 15.9. The molecule has 0 unspecified atom stereocenters. The Kier molecular flexibility index (Phi) is 4.00. The Balaban J connectivity index is 1.53. The molecule has 7 heteroatoms. The van der Waals surface area contributed by atoms with E-state index in [0.29, 0.717) is 39.1 Å². The third-order valence-corrected chi connectivity index (χ3v) is 5.98. The fourth-order valence-corrected chi connectivity index (χ4v) is 4.54. The van der Waals surface area contributed by atoms with Crippen molar-refractivity contribution < 1.29 is 8.78 Å². The molecule has 2 saturated heterocycles. The van der Waals surface area contributed by atoms with Crippen LogP contribution in [0.25, 0.3) is 0 Å². The van der Waals surface area contributed by atoms with E-state index in [4.69, 9.17) is 0 Å². The summed E-state index contributed by atoms with van der Waals surface area (Å²) < 4.78 is 29.6. The summed E-state index contributed by atoms with van der Waals surface area (Å²) >= 11 is 1.58. The minimum atomic E-state index is -2.63. The Hall–Kier alpha value is -1.60. The van der Waals surface area contributed by atoms with E-state index in [1.54, 1.807) is 23.7 Å². The lowest BCUT2D eigenvalue weighted by molar-refractivity contribution is -0.158. The molecular formula is C17H20F2N4S. The first-order valence-corrected chi connectivity index (χ1v) is 9.11. The Labute approximate surface area is 144 Å². The lowest BCUT2D eigenvalue weighted by Gasteiger charge is -2.45.